The van der Waals surface area contributed by atoms with Crippen molar-refractivity contribution in [2.24, 2.45) is 0 Å². The van der Waals surface area contributed by atoms with Gasteiger partial charge in [0, 0.05) is 6.42 Å². The van der Waals surface area contributed by atoms with E-state index in [-0.39, 0.29) is 0 Å². The molecule has 0 N–H and O–H groups in total. The van der Waals surface area contributed by atoms with E-state index in [0.717, 1.165) is 17.7 Å². The molecule has 0 aliphatic carbocycles. The average Bonchev–Trinajstić information content (AvgIpc) is 2.73. The quantitative estimate of drug-likeness (QED) is 0.698. The van der Waals surface area contributed by atoms with Crippen molar-refractivity contribution in [1.82, 2.24) is 0 Å². The lowest BCUT2D eigenvalue weighted by Gasteiger charge is -2.07. The number of hydrogen-bond acceptors (Lipinski definition) is 3. The minimum atomic E-state index is -1.71. The number of benzene rings is 1. The minimum Gasteiger partial charge on any atom is -0.493 e. The van der Waals surface area contributed by atoms with Gasteiger partial charge in [-0.05, 0) is 23.3 Å². The van der Waals surface area contributed by atoms with Crippen LogP contribution in [0.4, 0.5) is 4.39 Å². The number of esters is 1. The first-order valence-electron chi connectivity index (χ1n) is 4.70. The fourth-order valence-corrected chi connectivity index (χ4v) is 1.60. The standard InChI is InChI=1S/C11H11FO3/c1-14-11(13)10(12)8-2-3-9-7(6-8)4-5-15-9/h2-3,6,10H,4-5H2,1H3. The Kier molecular flexibility index (Phi) is 2.58. The van der Waals surface area contributed by atoms with Gasteiger partial charge in [-0.15, -0.1) is 0 Å². The molecule has 1 aromatic rings. The lowest BCUT2D eigenvalue weighted by molar-refractivity contribution is -0.146. The van der Waals surface area contributed by atoms with Crippen molar-refractivity contribution < 1.29 is 18.7 Å². The van der Waals surface area contributed by atoms with E-state index in [0.29, 0.717) is 12.2 Å². The second kappa shape index (κ2) is 3.88. The first-order chi connectivity index (χ1) is 7.22. The highest BCUT2D eigenvalue weighted by Crippen LogP contribution is 2.29. The van der Waals surface area contributed by atoms with Crippen LogP contribution >= 0.6 is 0 Å². The third-order valence-electron chi connectivity index (χ3n) is 2.41. The SMILES string of the molecule is COC(=O)C(F)c1ccc2c(c1)CCO2. The molecule has 1 atom stereocenters. The number of halogens is 1. The van der Waals surface area contributed by atoms with Gasteiger partial charge in [-0.2, -0.15) is 0 Å². The monoisotopic (exact) mass is 210 g/mol. The Labute approximate surface area is 86.8 Å². The first-order valence-corrected chi connectivity index (χ1v) is 4.70. The highest BCUT2D eigenvalue weighted by molar-refractivity contribution is 5.76. The molecule has 1 aliphatic heterocycles. The molecule has 0 saturated carbocycles. The molecule has 0 spiro atoms. The first kappa shape index (κ1) is 9.96. The zero-order valence-electron chi connectivity index (χ0n) is 8.33. The molecule has 2 rings (SSSR count). The van der Waals surface area contributed by atoms with Crippen molar-refractivity contribution in [3.63, 3.8) is 0 Å². The summed E-state index contributed by atoms with van der Waals surface area (Å²) in [6.07, 6.45) is -0.947. The molecule has 1 heterocycles. The molecular weight excluding hydrogens is 199 g/mol. The van der Waals surface area contributed by atoms with E-state index in [1.165, 1.54) is 7.11 Å². The molecule has 4 heteroatoms. The van der Waals surface area contributed by atoms with Gasteiger partial charge in [-0.3, -0.25) is 0 Å². The van der Waals surface area contributed by atoms with Crippen LogP contribution in [0.1, 0.15) is 17.3 Å². The lowest BCUT2D eigenvalue weighted by atomic mass is 10.1. The number of carbonyl (C=O) groups excluding carboxylic acids is 1. The Balaban J connectivity index is 2.26. The van der Waals surface area contributed by atoms with Gasteiger partial charge < -0.3 is 9.47 Å². The molecular formula is C11H11FO3. The fraction of sp³-hybridized carbons (Fsp3) is 0.364. The van der Waals surface area contributed by atoms with Crippen molar-refractivity contribution in [1.29, 1.82) is 0 Å². The molecule has 1 unspecified atom stereocenters. The molecule has 0 amide bonds. The predicted molar refractivity (Wildman–Crippen MR) is 51.5 cm³/mol. The van der Waals surface area contributed by atoms with Gasteiger partial charge in [0.05, 0.1) is 13.7 Å². The predicted octanol–water partition coefficient (Wildman–Crippen LogP) is 1.81. The fourth-order valence-electron chi connectivity index (χ4n) is 1.60. The minimum absolute atomic E-state index is 0.325. The molecule has 0 fully saturated rings. The second-order valence-electron chi connectivity index (χ2n) is 3.35. The van der Waals surface area contributed by atoms with Gasteiger partial charge in [0.15, 0.2) is 0 Å². The Morgan fingerprint density at radius 1 is 1.60 bits per heavy atom. The largest absolute Gasteiger partial charge is 0.493 e. The zero-order valence-corrected chi connectivity index (χ0v) is 8.33. The van der Waals surface area contributed by atoms with Crippen molar-refractivity contribution >= 4 is 5.97 Å². The number of ether oxygens (including phenoxy) is 2. The van der Waals surface area contributed by atoms with Crippen LogP contribution in [0.2, 0.25) is 0 Å². The van der Waals surface area contributed by atoms with Crippen LogP contribution in [-0.2, 0) is 16.0 Å². The molecule has 1 aliphatic rings. The summed E-state index contributed by atoms with van der Waals surface area (Å²) < 4.78 is 23.1. The van der Waals surface area contributed by atoms with Gasteiger partial charge in [0.25, 0.3) is 0 Å². The summed E-state index contributed by atoms with van der Waals surface area (Å²) >= 11 is 0. The third kappa shape index (κ3) is 1.79. The smallest absolute Gasteiger partial charge is 0.345 e. The Hall–Kier alpha value is -1.58. The molecule has 3 nitrogen and oxygen atoms in total. The summed E-state index contributed by atoms with van der Waals surface area (Å²) in [4.78, 5) is 11.0. The highest BCUT2D eigenvalue weighted by Gasteiger charge is 2.22. The summed E-state index contributed by atoms with van der Waals surface area (Å²) in [7, 11) is 1.17. The van der Waals surface area contributed by atoms with Crippen LogP contribution in [0.5, 0.6) is 5.75 Å². The summed E-state index contributed by atoms with van der Waals surface area (Å²) in [5.41, 5.74) is 1.27. The van der Waals surface area contributed by atoms with Crippen molar-refractivity contribution in [3.05, 3.63) is 29.3 Å². The topological polar surface area (TPSA) is 35.5 Å². The Morgan fingerprint density at radius 3 is 3.13 bits per heavy atom. The van der Waals surface area contributed by atoms with Crippen LogP contribution in [0, 0.1) is 0 Å². The average molecular weight is 210 g/mol. The number of methoxy groups -OCH3 is 1. The molecule has 1 aromatic carbocycles. The van der Waals surface area contributed by atoms with E-state index in [1.54, 1.807) is 18.2 Å². The number of carbonyl (C=O) groups is 1. The van der Waals surface area contributed by atoms with E-state index >= 15 is 0 Å². The third-order valence-corrected chi connectivity index (χ3v) is 2.41. The van der Waals surface area contributed by atoms with Crippen LogP contribution in [0.25, 0.3) is 0 Å². The van der Waals surface area contributed by atoms with Crippen molar-refractivity contribution in [3.8, 4) is 5.75 Å². The second-order valence-corrected chi connectivity index (χ2v) is 3.35. The number of fused-ring (bicyclic) bond motifs is 1. The van der Waals surface area contributed by atoms with Crippen molar-refractivity contribution in [2.45, 2.75) is 12.6 Å². The number of hydrogen-bond donors (Lipinski definition) is 0. The van der Waals surface area contributed by atoms with Crippen LogP contribution in [0.3, 0.4) is 0 Å². The summed E-state index contributed by atoms with van der Waals surface area (Å²) in [6, 6.07) is 4.89. The van der Waals surface area contributed by atoms with E-state index in [1.807, 2.05) is 0 Å². The van der Waals surface area contributed by atoms with Gasteiger partial charge in [-0.25, -0.2) is 9.18 Å². The Bertz CT molecular complexity index is 389. The van der Waals surface area contributed by atoms with E-state index < -0.39 is 12.1 Å². The summed E-state index contributed by atoms with van der Waals surface area (Å²) in [5.74, 6) is -0.0929. The maximum absolute atomic E-state index is 13.5. The molecule has 0 aromatic heterocycles. The molecule has 0 radical (unpaired) electrons. The normalized spacial score (nSPS) is 15.3. The van der Waals surface area contributed by atoms with Gasteiger partial charge in [0.2, 0.25) is 6.17 Å². The molecule has 15 heavy (non-hydrogen) atoms. The zero-order chi connectivity index (χ0) is 10.8. The number of rotatable bonds is 2. The molecule has 0 saturated heterocycles. The van der Waals surface area contributed by atoms with Gasteiger partial charge >= 0.3 is 5.97 Å². The summed E-state index contributed by atoms with van der Waals surface area (Å²) in [5, 5.41) is 0. The van der Waals surface area contributed by atoms with Crippen LogP contribution in [0.15, 0.2) is 18.2 Å². The van der Waals surface area contributed by atoms with Gasteiger partial charge in [0.1, 0.15) is 5.75 Å². The maximum Gasteiger partial charge on any atom is 0.345 e. The van der Waals surface area contributed by atoms with Gasteiger partial charge in [-0.1, -0.05) is 6.07 Å². The molecule has 0 bridgehead atoms. The molecule has 80 valence electrons. The Morgan fingerprint density at radius 2 is 2.40 bits per heavy atom. The number of alkyl halides is 1. The lowest BCUT2D eigenvalue weighted by Crippen LogP contribution is -2.09. The maximum atomic E-state index is 13.5. The summed E-state index contributed by atoms with van der Waals surface area (Å²) in [6.45, 7) is 0.619. The van der Waals surface area contributed by atoms with Crippen LogP contribution in [-0.4, -0.2) is 19.7 Å². The van der Waals surface area contributed by atoms with E-state index in [2.05, 4.69) is 4.74 Å². The van der Waals surface area contributed by atoms with Crippen LogP contribution < -0.4 is 4.74 Å². The highest BCUT2D eigenvalue weighted by atomic mass is 19.1. The van der Waals surface area contributed by atoms with E-state index in [4.69, 9.17) is 4.74 Å². The van der Waals surface area contributed by atoms with Crippen molar-refractivity contribution in [2.75, 3.05) is 13.7 Å². The van der Waals surface area contributed by atoms with E-state index in [9.17, 15) is 9.18 Å².